The molecule has 27 heavy (non-hydrogen) atoms. The van der Waals surface area contributed by atoms with E-state index < -0.39 is 0 Å². The number of urea groups is 1. The van der Waals surface area contributed by atoms with Gasteiger partial charge in [0.15, 0.2) is 0 Å². The van der Waals surface area contributed by atoms with Crippen LogP contribution in [0.3, 0.4) is 0 Å². The summed E-state index contributed by atoms with van der Waals surface area (Å²) in [7, 11) is 0. The van der Waals surface area contributed by atoms with Crippen molar-refractivity contribution in [1.29, 1.82) is 0 Å². The van der Waals surface area contributed by atoms with Gasteiger partial charge >= 0.3 is 6.03 Å². The zero-order valence-corrected chi connectivity index (χ0v) is 16.4. The second-order valence-corrected chi connectivity index (χ2v) is 7.56. The summed E-state index contributed by atoms with van der Waals surface area (Å²) in [6.45, 7) is 4.12. The first-order valence-electron chi connectivity index (χ1n) is 10.1. The van der Waals surface area contributed by atoms with Crippen molar-refractivity contribution >= 4 is 11.6 Å². The lowest BCUT2D eigenvalue weighted by atomic mass is 9.95. The third-order valence-corrected chi connectivity index (χ3v) is 5.16. The van der Waals surface area contributed by atoms with Gasteiger partial charge in [0.2, 0.25) is 0 Å². The van der Waals surface area contributed by atoms with Gasteiger partial charge in [-0.2, -0.15) is 0 Å². The molecule has 3 rings (SSSR count). The highest BCUT2D eigenvalue weighted by atomic mass is 16.2. The Bertz CT molecular complexity index is 705. The van der Waals surface area contributed by atoms with Crippen LogP contribution in [0.4, 0.5) is 4.79 Å². The molecule has 1 saturated carbocycles. The average molecular weight is 363 g/mol. The largest absolute Gasteiger partial charge is 0.335 e. The molecule has 1 aliphatic carbocycles. The van der Waals surface area contributed by atoms with E-state index in [2.05, 4.69) is 43.4 Å². The SMILES string of the molecule is CC(C)N(C=C(c1ccccc1)c1ccccc1)C(=O)NC1CCCCC1. The third kappa shape index (κ3) is 5.22. The number of carbonyl (C=O) groups excluding carboxylic acids is 1. The van der Waals surface area contributed by atoms with Crippen molar-refractivity contribution in [2.24, 2.45) is 0 Å². The standard InChI is InChI=1S/C24H30N2O/c1-19(2)26(24(27)25-22-16-10-5-11-17-22)18-23(20-12-6-3-7-13-20)21-14-8-4-9-15-21/h3-4,6-9,12-15,18-19,22H,5,10-11,16-17H2,1-2H3,(H,25,27). The Labute approximate surface area is 163 Å². The monoisotopic (exact) mass is 362 g/mol. The van der Waals surface area contributed by atoms with E-state index in [0.29, 0.717) is 6.04 Å². The molecule has 0 aromatic heterocycles. The van der Waals surface area contributed by atoms with Crippen LogP contribution < -0.4 is 5.32 Å². The Morgan fingerprint density at radius 2 is 1.44 bits per heavy atom. The summed E-state index contributed by atoms with van der Waals surface area (Å²) in [4.78, 5) is 14.9. The first-order chi connectivity index (χ1) is 13.1. The Hall–Kier alpha value is -2.55. The number of hydrogen-bond donors (Lipinski definition) is 1. The molecule has 0 atom stereocenters. The topological polar surface area (TPSA) is 32.3 Å². The van der Waals surface area contributed by atoms with Gasteiger partial charge in [-0.25, -0.2) is 4.79 Å². The molecule has 1 aliphatic rings. The van der Waals surface area contributed by atoms with Crippen LogP contribution in [0.1, 0.15) is 57.1 Å². The molecular weight excluding hydrogens is 332 g/mol. The molecule has 1 N–H and O–H groups in total. The number of benzene rings is 2. The lowest BCUT2D eigenvalue weighted by Gasteiger charge is -2.29. The normalized spacial score (nSPS) is 14.6. The molecule has 1 fully saturated rings. The summed E-state index contributed by atoms with van der Waals surface area (Å²) >= 11 is 0. The minimum atomic E-state index is 0.00117. The van der Waals surface area contributed by atoms with Gasteiger partial charge in [0.25, 0.3) is 0 Å². The molecule has 3 nitrogen and oxygen atoms in total. The van der Waals surface area contributed by atoms with Crippen LogP contribution in [-0.4, -0.2) is 23.0 Å². The Balaban J connectivity index is 1.91. The zero-order chi connectivity index (χ0) is 19.1. The van der Waals surface area contributed by atoms with Gasteiger partial charge in [0, 0.05) is 23.9 Å². The number of hydrogen-bond acceptors (Lipinski definition) is 1. The van der Waals surface area contributed by atoms with Crippen LogP contribution in [-0.2, 0) is 0 Å². The molecule has 142 valence electrons. The van der Waals surface area contributed by atoms with Gasteiger partial charge < -0.3 is 5.32 Å². The van der Waals surface area contributed by atoms with Crippen molar-refractivity contribution in [2.45, 2.75) is 58.0 Å². The van der Waals surface area contributed by atoms with E-state index in [0.717, 1.165) is 29.5 Å². The van der Waals surface area contributed by atoms with Gasteiger partial charge in [-0.3, -0.25) is 4.90 Å². The highest BCUT2D eigenvalue weighted by Crippen LogP contribution is 2.25. The lowest BCUT2D eigenvalue weighted by molar-refractivity contribution is 0.198. The van der Waals surface area contributed by atoms with Crippen LogP contribution >= 0.6 is 0 Å². The Morgan fingerprint density at radius 3 is 1.93 bits per heavy atom. The van der Waals surface area contributed by atoms with Crippen molar-refractivity contribution in [1.82, 2.24) is 10.2 Å². The number of nitrogens with one attached hydrogen (secondary N) is 1. The highest BCUT2D eigenvalue weighted by Gasteiger charge is 2.21. The zero-order valence-electron chi connectivity index (χ0n) is 16.4. The molecule has 0 spiro atoms. The van der Waals surface area contributed by atoms with Crippen LogP contribution in [0, 0.1) is 0 Å². The molecule has 0 radical (unpaired) electrons. The van der Waals surface area contributed by atoms with E-state index in [-0.39, 0.29) is 12.1 Å². The van der Waals surface area contributed by atoms with Crippen LogP contribution in [0.2, 0.25) is 0 Å². The first kappa shape index (κ1) is 19.2. The third-order valence-electron chi connectivity index (χ3n) is 5.16. The summed E-state index contributed by atoms with van der Waals surface area (Å²) in [6.07, 6.45) is 7.89. The Kier molecular flexibility index (Phi) is 6.69. The van der Waals surface area contributed by atoms with E-state index in [9.17, 15) is 4.79 Å². The second kappa shape index (κ2) is 9.40. The fourth-order valence-electron chi connectivity index (χ4n) is 3.63. The molecular formula is C24H30N2O. The van der Waals surface area contributed by atoms with Gasteiger partial charge in [-0.15, -0.1) is 0 Å². The molecule has 2 aromatic carbocycles. The maximum atomic E-state index is 13.0. The minimum absolute atomic E-state index is 0.00117. The second-order valence-electron chi connectivity index (χ2n) is 7.56. The fraction of sp³-hybridized carbons (Fsp3) is 0.375. The smallest absolute Gasteiger partial charge is 0.321 e. The Morgan fingerprint density at radius 1 is 0.926 bits per heavy atom. The van der Waals surface area contributed by atoms with Gasteiger partial charge in [-0.1, -0.05) is 79.9 Å². The van der Waals surface area contributed by atoms with Crippen LogP contribution in [0.25, 0.3) is 5.57 Å². The maximum Gasteiger partial charge on any atom is 0.321 e. The summed E-state index contributed by atoms with van der Waals surface area (Å²) in [6, 6.07) is 20.9. The van der Waals surface area contributed by atoms with Crippen molar-refractivity contribution in [3.05, 3.63) is 78.0 Å². The van der Waals surface area contributed by atoms with E-state index >= 15 is 0 Å². The number of carbonyl (C=O) groups is 1. The predicted molar refractivity (Wildman–Crippen MR) is 112 cm³/mol. The molecule has 0 bridgehead atoms. The van der Waals surface area contributed by atoms with E-state index in [1.54, 1.807) is 0 Å². The quantitative estimate of drug-likeness (QED) is 0.713. The summed E-state index contributed by atoms with van der Waals surface area (Å²) < 4.78 is 0. The summed E-state index contributed by atoms with van der Waals surface area (Å²) in [5.74, 6) is 0. The van der Waals surface area contributed by atoms with Crippen molar-refractivity contribution in [3.8, 4) is 0 Å². The molecule has 3 heteroatoms. The van der Waals surface area contributed by atoms with Crippen molar-refractivity contribution in [3.63, 3.8) is 0 Å². The number of amides is 2. The fourth-order valence-corrected chi connectivity index (χ4v) is 3.63. The molecule has 2 aromatic rings. The summed E-state index contributed by atoms with van der Waals surface area (Å²) in [5, 5.41) is 3.25. The predicted octanol–water partition coefficient (Wildman–Crippen LogP) is 5.83. The van der Waals surface area contributed by atoms with Crippen molar-refractivity contribution < 1.29 is 4.79 Å². The molecule has 0 aliphatic heterocycles. The van der Waals surface area contributed by atoms with Crippen LogP contribution in [0.5, 0.6) is 0 Å². The lowest BCUT2D eigenvalue weighted by Crippen LogP contribution is -2.45. The minimum Gasteiger partial charge on any atom is -0.335 e. The number of rotatable bonds is 5. The van der Waals surface area contributed by atoms with E-state index in [1.807, 2.05) is 47.5 Å². The number of nitrogens with zero attached hydrogens (tertiary/aromatic N) is 1. The maximum absolute atomic E-state index is 13.0. The molecule has 2 amide bonds. The van der Waals surface area contributed by atoms with Gasteiger partial charge in [0.05, 0.1) is 0 Å². The molecule has 0 saturated heterocycles. The van der Waals surface area contributed by atoms with Crippen molar-refractivity contribution in [2.75, 3.05) is 0 Å². The molecule has 0 heterocycles. The van der Waals surface area contributed by atoms with E-state index in [4.69, 9.17) is 0 Å². The molecule has 0 unspecified atom stereocenters. The van der Waals surface area contributed by atoms with Crippen LogP contribution in [0.15, 0.2) is 66.9 Å². The summed E-state index contributed by atoms with van der Waals surface area (Å²) in [5.41, 5.74) is 3.28. The average Bonchev–Trinajstić information content (AvgIpc) is 2.70. The van der Waals surface area contributed by atoms with Gasteiger partial charge in [-0.05, 0) is 37.8 Å². The highest BCUT2D eigenvalue weighted by molar-refractivity contribution is 5.83. The van der Waals surface area contributed by atoms with Gasteiger partial charge in [0.1, 0.15) is 0 Å². The van der Waals surface area contributed by atoms with E-state index in [1.165, 1.54) is 19.3 Å². The first-order valence-corrected chi connectivity index (χ1v) is 10.1.